The summed E-state index contributed by atoms with van der Waals surface area (Å²) in [6.45, 7) is 2.06. The lowest BCUT2D eigenvalue weighted by Gasteiger charge is -2.13. The molecule has 1 N–H and O–H groups in total. The van der Waals surface area contributed by atoms with Crippen molar-refractivity contribution in [1.29, 1.82) is 0 Å². The van der Waals surface area contributed by atoms with Crippen LogP contribution in [0.5, 0.6) is 0 Å². The Labute approximate surface area is 153 Å². The number of benzene rings is 2. The van der Waals surface area contributed by atoms with E-state index in [1.165, 1.54) is 5.56 Å². The number of pyridine rings is 1. The quantitative estimate of drug-likeness (QED) is 0.585. The average Bonchev–Trinajstić information content (AvgIpc) is 3.04. The van der Waals surface area contributed by atoms with Gasteiger partial charge in [-0.2, -0.15) is 5.10 Å². The van der Waals surface area contributed by atoms with Gasteiger partial charge in [0.05, 0.1) is 17.3 Å². The van der Waals surface area contributed by atoms with Gasteiger partial charge in [0.15, 0.2) is 0 Å². The fourth-order valence-corrected chi connectivity index (χ4v) is 3.50. The zero-order chi connectivity index (χ0) is 16.7. The van der Waals surface area contributed by atoms with Crippen LogP contribution >= 0.6 is 27.5 Å². The molecular formula is C19H15BrClN3. The number of rotatable bonds is 2. The van der Waals surface area contributed by atoms with E-state index in [4.69, 9.17) is 11.6 Å². The minimum atomic E-state index is 0.0503. The normalized spacial score (nSPS) is 17.0. The molecule has 0 saturated carbocycles. The van der Waals surface area contributed by atoms with Gasteiger partial charge in [-0.05, 0) is 42.3 Å². The predicted octanol–water partition coefficient (Wildman–Crippen LogP) is 5.40. The van der Waals surface area contributed by atoms with Gasteiger partial charge in [0.2, 0.25) is 0 Å². The van der Waals surface area contributed by atoms with Crippen molar-refractivity contribution in [3.63, 3.8) is 0 Å². The number of hydrogen-bond acceptors (Lipinski definition) is 3. The van der Waals surface area contributed by atoms with Crippen LogP contribution in [0.2, 0.25) is 5.15 Å². The van der Waals surface area contributed by atoms with E-state index in [1.807, 2.05) is 12.1 Å². The highest BCUT2D eigenvalue weighted by Gasteiger charge is 2.24. The number of aromatic nitrogens is 1. The van der Waals surface area contributed by atoms with Crippen LogP contribution < -0.4 is 5.43 Å². The summed E-state index contributed by atoms with van der Waals surface area (Å²) in [6.07, 6.45) is 0.792. The van der Waals surface area contributed by atoms with Gasteiger partial charge in [0, 0.05) is 21.8 Å². The van der Waals surface area contributed by atoms with Crippen molar-refractivity contribution < 1.29 is 0 Å². The van der Waals surface area contributed by atoms with E-state index in [1.54, 1.807) is 0 Å². The SMILES string of the molecule is Cc1ccc2cc(C3CC(c4ccc(Br)cc4)=NN3)c(Cl)nc2c1. The van der Waals surface area contributed by atoms with E-state index >= 15 is 0 Å². The molecule has 24 heavy (non-hydrogen) atoms. The van der Waals surface area contributed by atoms with E-state index in [-0.39, 0.29) is 6.04 Å². The number of nitrogens with one attached hydrogen (secondary N) is 1. The minimum Gasteiger partial charge on any atom is -0.302 e. The topological polar surface area (TPSA) is 37.3 Å². The molecule has 0 radical (unpaired) electrons. The van der Waals surface area contributed by atoms with Gasteiger partial charge in [-0.3, -0.25) is 0 Å². The first-order valence-corrected chi connectivity index (χ1v) is 8.92. The molecule has 3 nitrogen and oxygen atoms in total. The van der Waals surface area contributed by atoms with Gasteiger partial charge in [-0.15, -0.1) is 0 Å². The first-order chi connectivity index (χ1) is 11.6. The molecule has 0 amide bonds. The van der Waals surface area contributed by atoms with Crippen LogP contribution in [0.3, 0.4) is 0 Å². The summed E-state index contributed by atoms with van der Waals surface area (Å²) in [5.41, 5.74) is 8.45. The van der Waals surface area contributed by atoms with Crippen LogP contribution in [0.4, 0.5) is 0 Å². The van der Waals surface area contributed by atoms with Gasteiger partial charge < -0.3 is 5.43 Å². The third-order valence-corrected chi connectivity index (χ3v) is 5.09. The fraction of sp³-hybridized carbons (Fsp3) is 0.158. The minimum absolute atomic E-state index is 0.0503. The summed E-state index contributed by atoms with van der Waals surface area (Å²) in [5, 5.41) is 6.13. The molecule has 2 aromatic carbocycles. The van der Waals surface area contributed by atoms with Gasteiger partial charge in [0.1, 0.15) is 5.15 Å². The maximum Gasteiger partial charge on any atom is 0.135 e. The molecule has 5 heteroatoms. The third kappa shape index (κ3) is 2.92. The van der Waals surface area contributed by atoms with Gasteiger partial charge in [-0.1, -0.05) is 51.8 Å². The smallest absolute Gasteiger partial charge is 0.135 e. The van der Waals surface area contributed by atoms with Gasteiger partial charge in [-0.25, -0.2) is 4.98 Å². The number of hydrogen-bond donors (Lipinski definition) is 1. The summed E-state index contributed by atoms with van der Waals surface area (Å²) >= 11 is 9.90. The van der Waals surface area contributed by atoms with Crippen LogP contribution in [0.15, 0.2) is 58.1 Å². The number of nitrogens with zero attached hydrogens (tertiary/aromatic N) is 2. The number of fused-ring (bicyclic) bond motifs is 1. The van der Waals surface area contributed by atoms with E-state index in [0.717, 1.165) is 38.6 Å². The summed E-state index contributed by atoms with van der Waals surface area (Å²) in [7, 11) is 0. The van der Waals surface area contributed by atoms with E-state index in [9.17, 15) is 0 Å². The molecule has 4 rings (SSSR count). The molecule has 3 aromatic rings. The van der Waals surface area contributed by atoms with Crippen LogP contribution in [-0.2, 0) is 0 Å². The van der Waals surface area contributed by atoms with Crippen molar-refractivity contribution in [3.8, 4) is 0 Å². The van der Waals surface area contributed by atoms with Crippen molar-refractivity contribution in [3.05, 3.63) is 74.8 Å². The Balaban J connectivity index is 1.64. The molecule has 1 aliphatic heterocycles. The van der Waals surface area contributed by atoms with Crippen molar-refractivity contribution in [2.45, 2.75) is 19.4 Å². The zero-order valence-corrected chi connectivity index (χ0v) is 15.4. The molecule has 1 unspecified atom stereocenters. The summed E-state index contributed by atoms with van der Waals surface area (Å²) in [4.78, 5) is 4.56. The zero-order valence-electron chi connectivity index (χ0n) is 13.1. The maximum absolute atomic E-state index is 6.44. The van der Waals surface area contributed by atoms with Crippen molar-refractivity contribution in [2.24, 2.45) is 5.10 Å². The summed E-state index contributed by atoms with van der Waals surface area (Å²) < 4.78 is 1.06. The monoisotopic (exact) mass is 399 g/mol. The number of halogens is 2. The highest BCUT2D eigenvalue weighted by Crippen LogP contribution is 2.31. The predicted molar refractivity (Wildman–Crippen MR) is 103 cm³/mol. The largest absolute Gasteiger partial charge is 0.302 e. The Morgan fingerprint density at radius 3 is 2.71 bits per heavy atom. The van der Waals surface area contributed by atoms with Crippen molar-refractivity contribution >= 4 is 44.1 Å². The van der Waals surface area contributed by atoms with Crippen molar-refractivity contribution in [2.75, 3.05) is 0 Å². The molecule has 0 bridgehead atoms. The lowest BCUT2D eigenvalue weighted by atomic mass is 9.99. The third-order valence-electron chi connectivity index (χ3n) is 4.26. The van der Waals surface area contributed by atoms with Gasteiger partial charge >= 0.3 is 0 Å². The first kappa shape index (κ1) is 15.6. The fourth-order valence-electron chi connectivity index (χ4n) is 2.96. The Morgan fingerprint density at radius 2 is 1.92 bits per heavy atom. The molecule has 0 spiro atoms. The highest BCUT2D eigenvalue weighted by molar-refractivity contribution is 9.10. The molecular weight excluding hydrogens is 386 g/mol. The number of hydrazone groups is 1. The molecule has 1 atom stereocenters. The van der Waals surface area contributed by atoms with Crippen LogP contribution in [-0.4, -0.2) is 10.7 Å². The molecule has 1 aliphatic rings. The molecule has 0 fully saturated rings. The molecule has 1 aromatic heterocycles. The average molecular weight is 401 g/mol. The van der Waals surface area contributed by atoms with E-state index in [0.29, 0.717) is 5.15 Å². The maximum atomic E-state index is 6.44. The molecule has 0 aliphatic carbocycles. The van der Waals surface area contributed by atoms with E-state index in [2.05, 4.69) is 74.8 Å². The van der Waals surface area contributed by atoms with Crippen LogP contribution in [0.1, 0.15) is 29.2 Å². The van der Waals surface area contributed by atoms with E-state index < -0.39 is 0 Å². The lowest BCUT2D eigenvalue weighted by molar-refractivity contribution is 0.619. The first-order valence-electron chi connectivity index (χ1n) is 7.75. The van der Waals surface area contributed by atoms with Crippen LogP contribution in [0.25, 0.3) is 10.9 Å². The summed E-state index contributed by atoms with van der Waals surface area (Å²) in [6, 6.07) is 16.6. The second-order valence-electron chi connectivity index (χ2n) is 6.02. The molecule has 2 heterocycles. The van der Waals surface area contributed by atoms with Crippen molar-refractivity contribution in [1.82, 2.24) is 10.4 Å². The Hall–Kier alpha value is -1.91. The standard InChI is InChI=1S/C19H15BrClN3/c1-11-2-3-13-9-15(19(21)22-16(13)8-11)18-10-17(23-24-18)12-4-6-14(20)7-5-12/h2-9,18,24H,10H2,1H3. The molecule has 0 saturated heterocycles. The Morgan fingerprint density at radius 1 is 1.12 bits per heavy atom. The summed E-state index contributed by atoms with van der Waals surface area (Å²) in [5.74, 6) is 0. The Bertz CT molecular complexity index is 951. The van der Waals surface area contributed by atoms with Crippen LogP contribution in [0, 0.1) is 6.92 Å². The molecule has 120 valence electrons. The second kappa shape index (κ2) is 6.19. The Kier molecular flexibility index (Phi) is 4.02. The highest BCUT2D eigenvalue weighted by atomic mass is 79.9. The van der Waals surface area contributed by atoms with Gasteiger partial charge in [0.25, 0.3) is 0 Å². The second-order valence-corrected chi connectivity index (χ2v) is 7.29. The lowest BCUT2D eigenvalue weighted by Crippen LogP contribution is -2.11. The number of aryl methyl sites for hydroxylation is 1.